The molecule has 0 aromatic heterocycles. The number of carbonyl (C=O) groups excluding carboxylic acids is 1. The number of anilines is 2. The Labute approximate surface area is 109 Å². The Morgan fingerprint density at radius 3 is 2.33 bits per heavy atom. The van der Waals surface area contributed by atoms with E-state index in [0.29, 0.717) is 5.69 Å². The van der Waals surface area contributed by atoms with Gasteiger partial charge < -0.3 is 15.5 Å². The molecule has 1 aromatic carbocycles. The Bertz CT molecular complexity index is 402. The first-order valence-corrected chi connectivity index (χ1v) is 6.39. The van der Waals surface area contributed by atoms with E-state index in [4.69, 9.17) is 5.73 Å². The molecule has 18 heavy (non-hydrogen) atoms. The second-order valence-electron chi connectivity index (χ2n) is 4.36. The summed E-state index contributed by atoms with van der Waals surface area (Å²) in [5, 5.41) is 0. The molecule has 0 saturated carbocycles. The monoisotopic (exact) mass is 249 g/mol. The average molecular weight is 249 g/mol. The van der Waals surface area contributed by atoms with Gasteiger partial charge in [0, 0.05) is 20.1 Å². The molecule has 0 aliphatic carbocycles. The fourth-order valence-electron chi connectivity index (χ4n) is 1.98. The van der Waals surface area contributed by atoms with Crippen molar-refractivity contribution < 1.29 is 4.79 Å². The zero-order valence-electron chi connectivity index (χ0n) is 11.7. The van der Waals surface area contributed by atoms with Gasteiger partial charge >= 0.3 is 0 Å². The third-order valence-corrected chi connectivity index (χ3v) is 3.33. The van der Waals surface area contributed by atoms with Crippen LogP contribution in [-0.4, -0.2) is 37.0 Å². The average Bonchev–Trinajstić information content (AvgIpc) is 2.39. The van der Waals surface area contributed by atoms with E-state index in [1.165, 1.54) is 0 Å². The molecule has 0 fully saturated rings. The van der Waals surface area contributed by atoms with E-state index in [1.54, 1.807) is 0 Å². The molecule has 0 saturated heterocycles. The Morgan fingerprint density at radius 1 is 1.28 bits per heavy atom. The standard InChI is InChI=1S/C14H23N3O/c1-5-17(6-2)14(18)11(3)16(4)13-10-8-7-9-12(13)15/h7-11H,5-6,15H2,1-4H3. The molecule has 0 aliphatic heterocycles. The number of para-hydroxylation sites is 2. The summed E-state index contributed by atoms with van der Waals surface area (Å²) < 4.78 is 0. The van der Waals surface area contributed by atoms with Gasteiger partial charge in [-0.3, -0.25) is 4.79 Å². The van der Waals surface area contributed by atoms with Crippen molar-refractivity contribution in [2.24, 2.45) is 0 Å². The molecular formula is C14H23N3O. The van der Waals surface area contributed by atoms with Gasteiger partial charge in [0.15, 0.2) is 0 Å². The van der Waals surface area contributed by atoms with Gasteiger partial charge in [-0.05, 0) is 32.9 Å². The van der Waals surface area contributed by atoms with E-state index in [-0.39, 0.29) is 11.9 Å². The van der Waals surface area contributed by atoms with Gasteiger partial charge in [-0.25, -0.2) is 0 Å². The lowest BCUT2D eigenvalue weighted by Gasteiger charge is -2.31. The molecular weight excluding hydrogens is 226 g/mol. The lowest BCUT2D eigenvalue weighted by Crippen LogP contribution is -2.45. The van der Waals surface area contributed by atoms with E-state index in [1.807, 2.05) is 61.9 Å². The van der Waals surface area contributed by atoms with Crippen LogP contribution in [-0.2, 0) is 4.79 Å². The Kier molecular flexibility index (Phi) is 5.01. The van der Waals surface area contributed by atoms with Gasteiger partial charge in [-0.2, -0.15) is 0 Å². The van der Waals surface area contributed by atoms with Gasteiger partial charge in [0.25, 0.3) is 0 Å². The molecule has 1 amide bonds. The first kappa shape index (κ1) is 14.4. The number of hydrogen-bond acceptors (Lipinski definition) is 3. The number of rotatable bonds is 5. The predicted octanol–water partition coefficient (Wildman–Crippen LogP) is 1.96. The number of nitrogen functional groups attached to an aromatic ring is 1. The fraction of sp³-hybridized carbons (Fsp3) is 0.500. The van der Waals surface area contributed by atoms with Crippen LogP contribution in [0.5, 0.6) is 0 Å². The summed E-state index contributed by atoms with van der Waals surface area (Å²) in [5.74, 6) is 0.130. The number of amides is 1. The lowest BCUT2D eigenvalue weighted by molar-refractivity contribution is -0.131. The highest BCUT2D eigenvalue weighted by Gasteiger charge is 2.23. The SMILES string of the molecule is CCN(CC)C(=O)C(C)N(C)c1ccccc1N. The fourth-order valence-corrected chi connectivity index (χ4v) is 1.98. The summed E-state index contributed by atoms with van der Waals surface area (Å²) in [6, 6.07) is 7.39. The summed E-state index contributed by atoms with van der Waals surface area (Å²) in [6.07, 6.45) is 0. The van der Waals surface area contributed by atoms with Crippen molar-refractivity contribution in [3.63, 3.8) is 0 Å². The number of carbonyl (C=O) groups is 1. The second kappa shape index (κ2) is 6.28. The van der Waals surface area contributed by atoms with Crippen LogP contribution in [0.15, 0.2) is 24.3 Å². The summed E-state index contributed by atoms with van der Waals surface area (Å²) in [7, 11) is 1.90. The van der Waals surface area contributed by atoms with Crippen LogP contribution in [0.1, 0.15) is 20.8 Å². The smallest absolute Gasteiger partial charge is 0.244 e. The largest absolute Gasteiger partial charge is 0.397 e. The van der Waals surface area contributed by atoms with E-state index >= 15 is 0 Å². The van der Waals surface area contributed by atoms with Gasteiger partial charge in [-0.1, -0.05) is 12.1 Å². The zero-order chi connectivity index (χ0) is 13.7. The molecule has 100 valence electrons. The first-order valence-electron chi connectivity index (χ1n) is 6.39. The highest BCUT2D eigenvalue weighted by molar-refractivity contribution is 5.86. The van der Waals surface area contributed by atoms with Crippen LogP contribution in [0.25, 0.3) is 0 Å². The number of nitrogens with two attached hydrogens (primary N) is 1. The lowest BCUT2D eigenvalue weighted by atomic mass is 10.2. The Morgan fingerprint density at radius 2 is 1.83 bits per heavy atom. The van der Waals surface area contributed by atoms with Crippen LogP contribution in [0.4, 0.5) is 11.4 Å². The molecule has 0 heterocycles. The molecule has 1 unspecified atom stereocenters. The molecule has 1 aromatic rings. The maximum Gasteiger partial charge on any atom is 0.244 e. The summed E-state index contributed by atoms with van der Waals surface area (Å²) >= 11 is 0. The van der Waals surface area contributed by atoms with Gasteiger partial charge in [0.2, 0.25) is 5.91 Å². The number of hydrogen-bond donors (Lipinski definition) is 1. The maximum absolute atomic E-state index is 12.3. The molecule has 4 nitrogen and oxygen atoms in total. The van der Waals surface area contributed by atoms with Crippen LogP contribution in [0.3, 0.4) is 0 Å². The maximum atomic E-state index is 12.3. The van der Waals surface area contributed by atoms with E-state index in [9.17, 15) is 4.79 Å². The Balaban J connectivity index is 2.87. The third-order valence-electron chi connectivity index (χ3n) is 3.33. The number of benzene rings is 1. The van der Waals surface area contributed by atoms with Crippen molar-refractivity contribution in [2.75, 3.05) is 30.8 Å². The minimum atomic E-state index is -0.213. The van der Waals surface area contributed by atoms with E-state index in [0.717, 1.165) is 18.8 Å². The summed E-state index contributed by atoms with van der Waals surface area (Å²) in [5.41, 5.74) is 7.52. The summed E-state index contributed by atoms with van der Waals surface area (Å²) in [6.45, 7) is 7.36. The molecule has 1 atom stereocenters. The van der Waals surface area contributed by atoms with Gasteiger partial charge in [0.1, 0.15) is 6.04 Å². The van der Waals surface area contributed by atoms with Crippen molar-refractivity contribution >= 4 is 17.3 Å². The topological polar surface area (TPSA) is 49.6 Å². The van der Waals surface area contributed by atoms with Crippen LogP contribution in [0.2, 0.25) is 0 Å². The third kappa shape index (κ3) is 2.94. The minimum Gasteiger partial charge on any atom is -0.397 e. The molecule has 0 bridgehead atoms. The van der Waals surface area contributed by atoms with Crippen molar-refractivity contribution in [1.82, 2.24) is 4.90 Å². The first-order chi connectivity index (χ1) is 8.52. The quantitative estimate of drug-likeness (QED) is 0.812. The zero-order valence-corrected chi connectivity index (χ0v) is 11.7. The molecule has 0 radical (unpaired) electrons. The Hall–Kier alpha value is -1.71. The van der Waals surface area contributed by atoms with E-state index < -0.39 is 0 Å². The van der Waals surface area contributed by atoms with Crippen molar-refractivity contribution in [3.8, 4) is 0 Å². The van der Waals surface area contributed by atoms with Crippen LogP contribution >= 0.6 is 0 Å². The molecule has 0 spiro atoms. The normalized spacial score (nSPS) is 12.0. The predicted molar refractivity (Wildman–Crippen MR) is 76.6 cm³/mol. The number of likely N-dealkylation sites (N-methyl/N-ethyl adjacent to an activating group) is 2. The highest BCUT2D eigenvalue weighted by atomic mass is 16.2. The highest BCUT2D eigenvalue weighted by Crippen LogP contribution is 2.23. The van der Waals surface area contributed by atoms with Crippen molar-refractivity contribution in [2.45, 2.75) is 26.8 Å². The van der Waals surface area contributed by atoms with Crippen molar-refractivity contribution in [1.29, 1.82) is 0 Å². The van der Waals surface area contributed by atoms with Gasteiger partial charge in [-0.15, -0.1) is 0 Å². The van der Waals surface area contributed by atoms with Crippen LogP contribution in [0, 0.1) is 0 Å². The summed E-state index contributed by atoms with van der Waals surface area (Å²) in [4.78, 5) is 16.0. The minimum absolute atomic E-state index is 0.130. The van der Waals surface area contributed by atoms with Crippen molar-refractivity contribution in [3.05, 3.63) is 24.3 Å². The number of nitrogens with zero attached hydrogens (tertiary/aromatic N) is 2. The molecule has 1 rings (SSSR count). The molecule has 4 heteroatoms. The molecule has 0 aliphatic rings. The molecule has 2 N–H and O–H groups in total. The van der Waals surface area contributed by atoms with E-state index in [2.05, 4.69) is 0 Å². The second-order valence-corrected chi connectivity index (χ2v) is 4.36. The van der Waals surface area contributed by atoms with Crippen LogP contribution < -0.4 is 10.6 Å². The van der Waals surface area contributed by atoms with Gasteiger partial charge in [0.05, 0.1) is 11.4 Å².